The van der Waals surface area contributed by atoms with Crippen LogP contribution in [0.2, 0.25) is 0 Å². The first-order valence-electron chi connectivity index (χ1n) is 9.79. The lowest BCUT2D eigenvalue weighted by atomic mass is 9.99. The Balaban J connectivity index is 1.75. The van der Waals surface area contributed by atoms with Crippen molar-refractivity contribution in [2.45, 2.75) is 51.1 Å². The minimum atomic E-state index is -0.410. The van der Waals surface area contributed by atoms with Crippen LogP contribution in [0.15, 0.2) is 18.2 Å². The fourth-order valence-electron chi connectivity index (χ4n) is 4.26. The number of nitrogens with zero attached hydrogens (tertiary/aromatic N) is 5. The summed E-state index contributed by atoms with van der Waals surface area (Å²) in [5.41, 5.74) is 0.772. The van der Waals surface area contributed by atoms with Gasteiger partial charge in [0.2, 0.25) is 0 Å². The minimum Gasteiger partial charge on any atom is -0.356 e. The van der Waals surface area contributed by atoms with Crippen molar-refractivity contribution in [1.82, 2.24) is 20.1 Å². The Morgan fingerprint density at radius 1 is 1.21 bits per heavy atom. The van der Waals surface area contributed by atoms with E-state index in [1.165, 1.54) is 13.1 Å². The van der Waals surface area contributed by atoms with Crippen molar-refractivity contribution < 1.29 is 9.72 Å². The number of carbonyl (C=O) groups excluding carboxylic acids is 1. The van der Waals surface area contributed by atoms with E-state index in [1.807, 2.05) is 0 Å². The first-order valence-corrected chi connectivity index (χ1v) is 9.79. The SMILES string of the molecule is CNC(=O)c1ccc(N2CCCC[C@@H]2c2nnc3n2CCCC3)c([N+](=O)[O-])c1. The molecule has 0 radical (unpaired) electrons. The average Bonchev–Trinajstić information content (AvgIpc) is 3.16. The van der Waals surface area contributed by atoms with Crippen LogP contribution in [0.4, 0.5) is 11.4 Å². The lowest BCUT2D eigenvalue weighted by Gasteiger charge is -2.37. The summed E-state index contributed by atoms with van der Waals surface area (Å²) in [4.78, 5) is 25.3. The third-order valence-electron chi connectivity index (χ3n) is 5.66. The Bertz CT molecular complexity index is 909. The zero-order valence-corrected chi connectivity index (χ0v) is 15.9. The topological polar surface area (TPSA) is 106 Å². The molecule has 0 spiro atoms. The van der Waals surface area contributed by atoms with Crippen molar-refractivity contribution in [2.75, 3.05) is 18.5 Å². The molecule has 1 atom stereocenters. The summed E-state index contributed by atoms with van der Waals surface area (Å²) in [7, 11) is 1.51. The van der Waals surface area contributed by atoms with Crippen LogP contribution in [0.1, 0.15) is 60.2 Å². The van der Waals surface area contributed by atoms with E-state index in [2.05, 4.69) is 25.0 Å². The van der Waals surface area contributed by atoms with Gasteiger partial charge in [0, 0.05) is 38.2 Å². The number of nitrogens with one attached hydrogen (secondary N) is 1. The molecule has 2 aromatic rings. The highest BCUT2D eigenvalue weighted by atomic mass is 16.6. The molecule has 1 aromatic heterocycles. The Hall–Kier alpha value is -2.97. The highest BCUT2D eigenvalue weighted by molar-refractivity contribution is 5.95. The van der Waals surface area contributed by atoms with Crippen LogP contribution in [-0.4, -0.2) is 39.2 Å². The van der Waals surface area contributed by atoms with Gasteiger partial charge in [0.25, 0.3) is 11.6 Å². The number of rotatable bonds is 4. The summed E-state index contributed by atoms with van der Waals surface area (Å²) in [6, 6.07) is 4.65. The van der Waals surface area contributed by atoms with Crippen LogP contribution in [0.3, 0.4) is 0 Å². The van der Waals surface area contributed by atoms with E-state index >= 15 is 0 Å². The predicted octanol–water partition coefficient (Wildman–Crippen LogP) is 2.61. The molecule has 2 aliphatic heterocycles. The van der Waals surface area contributed by atoms with Crippen molar-refractivity contribution in [1.29, 1.82) is 0 Å². The molecule has 0 saturated carbocycles. The molecule has 9 nitrogen and oxygen atoms in total. The van der Waals surface area contributed by atoms with E-state index in [1.54, 1.807) is 12.1 Å². The zero-order valence-electron chi connectivity index (χ0n) is 15.9. The summed E-state index contributed by atoms with van der Waals surface area (Å²) in [5, 5.41) is 23.1. The van der Waals surface area contributed by atoms with E-state index in [0.717, 1.165) is 56.7 Å². The van der Waals surface area contributed by atoms with Gasteiger partial charge in [0.1, 0.15) is 11.5 Å². The van der Waals surface area contributed by atoms with Crippen molar-refractivity contribution in [3.63, 3.8) is 0 Å². The standard InChI is InChI=1S/C19H24N6O3/c1-20-19(26)13-8-9-14(16(12-13)25(27)28)23-10-4-2-6-15(23)18-22-21-17-7-3-5-11-24(17)18/h8-9,12,15H,2-7,10-11H2,1H3,(H,20,26)/t15-/m1/s1. The fraction of sp³-hybridized carbons (Fsp3) is 0.526. The number of anilines is 1. The molecule has 1 amide bonds. The fourth-order valence-corrected chi connectivity index (χ4v) is 4.26. The number of aryl methyl sites for hydroxylation is 1. The molecule has 1 aromatic carbocycles. The van der Waals surface area contributed by atoms with Crippen LogP contribution >= 0.6 is 0 Å². The number of fused-ring (bicyclic) bond motifs is 1. The summed E-state index contributed by atoms with van der Waals surface area (Å²) in [6.07, 6.45) is 6.05. The summed E-state index contributed by atoms with van der Waals surface area (Å²) in [6.45, 7) is 1.62. The summed E-state index contributed by atoms with van der Waals surface area (Å²) in [5.74, 6) is 1.58. The third-order valence-corrected chi connectivity index (χ3v) is 5.66. The number of hydrogen-bond donors (Lipinski definition) is 1. The number of benzene rings is 1. The second-order valence-electron chi connectivity index (χ2n) is 7.33. The van der Waals surface area contributed by atoms with Gasteiger partial charge in [-0.25, -0.2) is 0 Å². The van der Waals surface area contributed by atoms with Crippen LogP contribution in [0.25, 0.3) is 0 Å². The molecule has 1 N–H and O–H groups in total. The molecule has 0 aliphatic carbocycles. The molecule has 9 heteroatoms. The molecular formula is C19H24N6O3. The number of nitro groups is 1. The van der Waals surface area contributed by atoms with Gasteiger partial charge in [0.05, 0.1) is 11.0 Å². The van der Waals surface area contributed by atoms with Crippen molar-refractivity contribution in [3.05, 3.63) is 45.5 Å². The molecule has 0 bridgehead atoms. The predicted molar refractivity (Wildman–Crippen MR) is 103 cm³/mol. The highest BCUT2D eigenvalue weighted by Gasteiger charge is 2.33. The molecule has 28 heavy (non-hydrogen) atoms. The van der Waals surface area contributed by atoms with Gasteiger partial charge in [-0.2, -0.15) is 0 Å². The molecule has 0 unspecified atom stereocenters. The normalized spacial score (nSPS) is 19.2. The molecule has 3 heterocycles. The molecular weight excluding hydrogens is 360 g/mol. The monoisotopic (exact) mass is 384 g/mol. The Kier molecular flexibility index (Phi) is 4.97. The zero-order chi connectivity index (χ0) is 19.7. The van der Waals surface area contributed by atoms with E-state index in [0.29, 0.717) is 12.2 Å². The maximum atomic E-state index is 11.9. The van der Waals surface area contributed by atoms with Crippen molar-refractivity contribution in [3.8, 4) is 0 Å². The number of aromatic nitrogens is 3. The minimum absolute atomic E-state index is 0.0438. The van der Waals surface area contributed by atoms with Crippen LogP contribution in [-0.2, 0) is 13.0 Å². The van der Waals surface area contributed by atoms with E-state index in [9.17, 15) is 14.9 Å². The molecule has 2 aliphatic rings. The maximum absolute atomic E-state index is 11.9. The van der Waals surface area contributed by atoms with Crippen LogP contribution in [0, 0.1) is 10.1 Å². The van der Waals surface area contributed by atoms with Gasteiger partial charge in [0.15, 0.2) is 5.82 Å². The average molecular weight is 384 g/mol. The number of piperidine rings is 1. The van der Waals surface area contributed by atoms with Crippen LogP contribution in [0.5, 0.6) is 0 Å². The van der Waals surface area contributed by atoms with Crippen LogP contribution < -0.4 is 10.2 Å². The van der Waals surface area contributed by atoms with E-state index in [4.69, 9.17) is 0 Å². The van der Waals surface area contributed by atoms with Crippen molar-refractivity contribution in [2.24, 2.45) is 0 Å². The highest BCUT2D eigenvalue weighted by Crippen LogP contribution is 2.39. The maximum Gasteiger partial charge on any atom is 0.293 e. The van der Waals surface area contributed by atoms with Gasteiger partial charge < -0.3 is 14.8 Å². The molecule has 148 valence electrons. The smallest absolute Gasteiger partial charge is 0.293 e. The van der Waals surface area contributed by atoms with Gasteiger partial charge in [-0.1, -0.05) is 0 Å². The van der Waals surface area contributed by atoms with Gasteiger partial charge in [-0.05, 0) is 44.2 Å². The number of amides is 1. The van der Waals surface area contributed by atoms with E-state index < -0.39 is 4.92 Å². The first-order chi connectivity index (χ1) is 13.6. The second-order valence-corrected chi connectivity index (χ2v) is 7.33. The van der Waals surface area contributed by atoms with Gasteiger partial charge in [-0.15, -0.1) is 10.2 Å². The van der Waals surface area contributed by atoms with E-state index in [-0.39, 0.29) is 23.2 Å². The quantitative estimate of drug-likeness (QED) is 0.641. The number of nitro benzene ring substituents is 1. The lowest BCUT2D eigenvalue weighted by Crippen LogP contribution is -2.36. The number of hydrogen-bond acceptors (Lipinski definition) is 6. The molecule has 1 saturated heterocycles. The summed E-state index contributed by atoms with van der Waals surface area (Å²) < 4.78 is 2.19. The lowest BCUT2D eigenvalue weighted by molar-refractivity contribution is -0.384. The molecule has 1 fully saturated rings. The summed E-state index contributed by atoms with van der Waals surface area (Å²) >= 11 is 0. The second kappa shape index (κ2) is 7.57. The Morgan fingerprint density at radius 2 is 2.04 bits per heavy atom. The largest absolute Gasteiger partial charge is 0.356 e. The molecule has 4 rings (SSSR count). The van der Waals surface area contributed by atoms with Gasteiger partial charge >= 0.3 is 0 Å². The Morgan fingerprint density at radius 3 is 2.82 bits per heavy atom. The Labute approximate surface area is 162 Å². The third kappa shape index (κ3) is 3.21. The number of carbonyl (C=O) groups is 1. The first kappa shape index (κ1) is 18.4. The van der Waals surface area contributed by atoms with Gasteiger partial charge in [-0.3, -0.25) is 14.9 Å². The van der Waals surface area contributed by atoms with Crippen molar-refractivity contribution >= 4 is 17.3 Å².